The predicted molar refractivity (Wildman–Crippen MR) is 164 cm³/mol. The second kappa shape index (κ2) is 11.6. The molecular weight excluding hydrogens is 564 g/mol. The summed E-state index contributed by atoms with van der Waals surface area (Å²) in [6.45, 7) is 5.98. The van der Waals surface area contributed by atoms with Gasteiger partial charge < -0.3 is 9.84 Å². The summed E-state index contributed by atoms with van der Waals surface area (Å²) in [4.78, 5) is 25.0. The Morgan fingerprint density at radius 3 is 2.49 bits per heavy atom. The maximum absolute atomic E-state index is 13.4. The van der Waals surface area contributed by atoms with E-state index >= 15 is 0 Å². The zero-order valence-electron chi connectivity index (χ0n) is 25.5. The van der Waals surface area contributed by atoms with Crippen molar-refractivity contribution >= 4 is 33.3 Å². The molecule has 10 heteroatoms. The predicted octanol–water partition coefficient (Wildman–Crippen LogP) is 5.71. The van der Waals surface area contributed by atoms with Crippen LogP contribution in [0.5, 0.6) is 0 Å². The third kappa shape index (κ3) is 5.39. The number of benzene rings is 1. The van der Waals surface area contributed by atoms with Gasteiger partial charge in [-0.05, 0) is 117 Å². The highest BCUT2D eigenvalue weighted by atomic mass is 32.2. The first-order chi connectivity index (χ1) is 20.6. The van der Waals surface area contributed by atoms with Gasteiger partial charge in [-0.1, -0.05) is 13.8 Å². The van der Waals surface area contributed by atoms with Crippen LogP contribution in [-0.2, 0) is 19.6 Å². The molecule has 0 unspecified atom stereocenters. The van der Waals surface area contributed by atoms with Gasteiger partial charge in [-0.25, -0.2) is 22.7 Å². The van der Waals surface area contributed by atoms with E-state index in [0.29, 0.717) is 29.1 Å². The van der Waals surface area contributed by atoms with E-state index in [2.05, 4.69) is 23.8 Å². The number of rotatable bonds is 7. The van der Waals surface area contributed by atoms with E-state index in [1.54, 1.807) is 30.3 Å². The van der Waals surface area contributed by atoms with E-state index in [1.807, 2.05) is 0 Å². The summed E-state index contributed by atoms with van der Waals surface area (Å²) >= 11 is 0. The molecule has 4 fully saturated rings. The number of aromatic nitrogens is 2. The van der Waals surface area contributed by atoms with Crippen LogP contribution in [0.25, 0.3) is 0 Å². The van der Waals surface area contributed by atoms with Gasteiger partial charge in [0.15, 0.2) is 0 Å². The van der Waals surface area contributed by atoms with Gasteiger partial charge in [0.05, 0.1) is 23.7 Å². The van der Waals surface area contributed by atoms with Crippen LogP contribution in [0.2, 0.25) is 0 Å². The number of esters is 1. The summed E-state index contributed by atoms with van der Waals surface area (Å²) in [6.07, 6.45) is 13.1. The summed E-state index contributed by atoms with van der Waals surface area (Å²) in [5.74, 6) is 2.52. The Balaban J connectivity index is 1.19. The number of aliphatic hydroxyl groups excluding tert-OH is 1. The molecular formula is C33H44N4O5S. The van der Waals surface area contributed by atoms with Gasteiger partial charge in [0.25, 0.3) is 10.0 Å². The average molecular weight is 609 g/mol. The third-order valence-electron chi connectivity index (χ3n) is 11.5. The van der Waals surface area contributed by atoms with Crippen molar-refractivity contribution in [2.75, 3.05) is 17.5 Å². The first kappa shape index (κ1) is 30.2. The molecule has 1 heterocycles. The van der Waals surface area contributed by atoms with E-state index in [4.69, 9.17) is 9.73 Å². The van der Waals surface area contributed by atoms with Gasteiger partial charge in [-0.3, -0.25) is 9.79 Å². The highest BCUT2D eigenvalue weighted by molar-refractivity contribution is 7.92. The summed E-state index contributed by atoms with van der Waals surface area (Å²) in [6, 6.07) is 8.34. The average Bonchev–Trinajstić information content (AvgIpc) is 3.32. The van der Waals surface area contributed by atoms with Crippen LogP contribution in [0.15, 0.2) is 52.6 Å². The number of ether oxygens (including phenoxy) is 1. The lowest BCUT2D eigenvalue weighted by atomic mass is 9.45. The lowest BCUT2D eigenvalue weighted by Gasteiger charge is -2.60. The summed E-state index contributed by atoms with van der Waals surface area (Å²) in [5, 5.41) is 9.52. The van der Waals surface area contributed by atoms with E-state index in [0.717, 1.165) is 48.5 Å². The molecule has 1 N–H and O–H groups in total. The third-order valence-corrected chi connectivity index (χ3v) is 13.3. The van der Waals surface area contributed by atoms with Crippen LogP contribution in [-0.4, -0.2) is 54.4 Å². The SMILES string of the molecule is CC(=O)O[C@H]1CC[C@@]2(C)[C@@H](CC[C@@H]3[C@@H]2CC[C@]2(C)C(=Nc4ccc(S(=O)(=O)N(CCO)c5ncccn5)cc4)CC[C@@H]32)C1. The maximum atomic E-state index is 13.4. The number of carbonyl (C=O) groups is 1. The zero-order valence-corrected chi connectivity index (χ0v) is 26.3. The lowest BCUT2D eigenvalue weighted by molar-refractivity contribution is -0.158. The minimum Gasteiger partial charge on any atom is -0.463 e. The number of hydrogen-bond acceptors (Lipinski definition) is 8. The van der Waals surface area contributed by atoms with Crippen LogP contribution in [0, 0.1) is 34.5 Å². The largest absolute Gasteiger partial charge is 0.463 e. The molecule has 4 saturated carbocycles. The fourth-order valence-electron chi connectivity index (χ4n) is 9.35. The number of sulfonamides is 1. The Morgan fingerprint density at radius 2 is 1.79 bits per heavy atom. The Kier molecular flexibility index (Phi) is 8.13. The quantitative estimate of drug-likeness (QED) is 0.400. The molecule has 43 heavy (non-hydrogen) atoms. The Bertz CT molecular complexity index is 1470. The van der Waals surface area contributed by atoms with Crippen molar-refractivity contribution in [3.63, 3.8) is 0 Å². The minimum absolute atomic E-state index is 0.0294. The number of anilines is 1. The van der Waals surface area contributed by atoms with Crippen molar-refractivity contribution in [3.8, 4) is 0 Å². The molecule has 0 bridgehead atoms. The highest BCUT2D eigenvalue weighted by Crippen LogP contribution is 2.65. The van der Waals surface area contributed by atoms with Crippen molar-refractivity contribution in [2.45, 2.75) is 89.6 Å². The number of carbonyl (C=O) groups excluding carboxylic acids is 1. The molecule has 0 spiro atoms. The Labute approximate surface area is 255 Å². The number of nitrogens with zero attached hydrogens (tertiary/aromatic N) is 4. The van der Waals surface area contributed by atoms with Crippen molar-refractivity contribution < 1.29 is 23.1 Å². The summed E-state index contributed by atoms with van der Waals surface area (Å²) in [5.41, 5.74) is 2.39. The van der Waals surface area contributed by atoms with Crippen LogP contribution >= 0.6 is 0 Å². The maximum Gasteiger partial charge on any atom is 0.302 e. The molecule has 0 radical (unpaired) electrons. The molecule has 1 aromatic carbocycles. The second-order valence-electron chi connectivity index (χ2n) is 13.6. The topological polar surface area (TPSA) is 122 Å². The first-order valence-corrected chi connectivity index (χ1v) is 17.3. The monoisotopic (exact) mass is 608 g/mol. The fourth-order valence-corrected chi connectivity index (χ4v) is 10.7. The van der Waals surface area contributed by atoms with E-state index in [9.17, 15) is 18.3 Å². The number of aliphatic imine (C=N–C) groups is 1. The van der Waals surface area contributed by atoms with E-state index < -0.39 is 10.0 Å². The smallest absolute Gasteiger partial charge is 0.302 e. The fraction of sp³-hybridized carbons (Fsp3) is 0.636. The van der Waals surface area contributed by atoms with E-state index in [1.165, 1.54) is 44.3 Å². The number of hydrogen-bond donors (Lipinski definition) is 1. The molecule has 9 nitrogen and oxygen atoms in total. The van der Waals surface area contributed by atoms with Crippen molar-refractivity contribution in [2.24, 2.45) is 39.5 Å². The Hall–Kier alpha value is -2.85. The highest BCUT2D eigenvalue weighted by Gasteiger charge is 2.59. The summed E-state index contributed by atoms with van der Waals surface area (Å²) in [7, 11) is -3.95. The lowest BCUT2D eigenvalue weighted by Crippen LogP contribution is -2.54. The zero-order chi connectivity index (χ0) is 30.4. The van der Waals surface area contributed by atoms with Crippen molar-refractivity contribution in [1.29, 1.82) is 0 Å². The molecule has 0 aliphatic heterocycles. The molecule has 1 aromatic heterocycles. The van der Waals surface area contributed by atoms with Gasteiger partial charge in [0.1, 0.15) is 6.10 Å². The van der Waals surface area contributed by atoms with Gasteiger partial charge in [-0.15, -0.1) is 0 Å². The van der Waals surface area contributed by atoms with Gasteiger partial charge >= 0.3 is 5.97 Å². The molecule has 6 rings (SSSR count). The normalized spacial score (nSPS) is 34.6. The van der Waals surface area contributed by atoms with Gasteiger partial charge in [0, 0.05) is 30.4 Å². The minimum atomic E-state index is -3.95. The van der Waals surface area contributed by atoms with Crippen LogP contribution in [0.1, 0.15) is 78.6 Å². The van der Waals surface area contributed by atoms with Crippen LogP contribution in [0.3, 0.4) is 0 Å². The van der Waals surface area contributed by atoms with Gasteiger partial charge in [0.2, 0.25) is 5.95 Å². The van der Waals surface area contributed by atoms with Crippen LogP contribution < -0.4 is 4.31 Å². The molecule has 7 atom stereocenters. The van der Waals surface area contributed by atoms with Crippen molar-refractivity contribution in [1.82, 2.24) is 9.97 Å². The summed E-state index contributed by atoms with van der Waals surface area (Å²) < 4.78 is 33.5. The second-order valence-corrected chi connectivity index (χ2v) is 15.4. The first-order valence-electron chi connectivity index (χ1n) is 15.8. The molecule has 4 aliphatic rings. The Morgan fingerprint density at radius 1 is 1.05 bits per heavy atom. The molecule has 0 saturated heterocycles. The standard InChI is InChI=1S/C33H44N4O5S/c1-22(39)42-25-13-15-32(2)23(21-25)5-10-27-28-11-12-30(33(28,3)16-14-29(27)32)36-24-6-8-26(9-7-24)43(40,41)37(19-20-38)31-34-17-4-18-35-31/h4,6-9,17-18,23,25,27-29,38H,5,10-16,19-21H2,1-3H3/t23-,25-,27-,28-,29-,32-,33-/m0/s1. The molecule has 0 amide bonds. The van der Waals surface area contributed by atoms with Crippen LogP contribution in [0.4, 0.5) is 11.6 Å². The van der Waals surface area contributed by atoms with E-state index in [-0.39, 0.29) is 41.5 Å². The number of aliphatic hydroxyl groups is 1. The van der Waals surface area contributed by atoms with Gasteiger partial charge in [-0.2, -0.15) is 0 Å². The molecule has 4 aliphatic carbocycles. The van der Waals surface area contributed by atoms with Crippen molar-refractivity contribution in [3.05, 3.63) is 42.7 Å². The molecule has 2 aromatic rings. The molecule has 232 valence electrons. The number of fused-ring (bicyclic) bond motifs is 5.